The highest BCUT2D eigenvalue weighted by Gasteiger charge is 2.21. The van der Waals surface area contributed by atoms with Gasteiger partial charge in [-0.15, -0.1) is 22.7 Å². The molecule has 5 aromatic carbocycles. The molecule has 0 atom stereocenters. The van der Waals surface area contributed by atoms with Crippen molar-refractivity contribution in [2.45, 2.75) is 66.8 Å². The number of hydrogen-bond acceptors (Lipinski definition) is 17. The highest BCUT2D eigenvalue weighted by Crippen LogP contribution is 2.33. The van der Waals surface area contributed by atoms with Crippen LogP contribution >= 0.6 is 22.7 Å². The number of aliphatic hydroxyl groups is 1. The summed E-state index contributed by atoms with van der Waals surface area (Å²) in [6.45, 7) is 19.6. The third kappa shape index (κ3) is 18.3. The fraction of sp³-hybridized carbons (Fsp3) is 0.382. The molecule has 0 amide bonds. The van der Waals surface area contributed by atoms with E-state index in [1.54, 1.807) is 59.1 Å². The number of unbranched alkanes of at least 4 members (excludes halogenated alkanes) is 2. The first kappa shape index (κ1) is 63.6. The Morgan fingerprint density at radius 2 is 0.954 bits per heavy atom. The van der Waals surface area contributed by atoms with Crippen LogP contribution in [-0.4, -0.2) is 128 Å². The van der Waals surface area contributed by atoms with E-state index in [0.29, 0.717) is 54.0 Å². The summed E-state index contributed by atoms with van der Waals surface area (Å²) >= 11 is 3.60. The first-order valence-corrected chi connectivity index (χ1v) is 31.8. The summed E-state index contributed by atoms with van der Waals surface area (Å²) in [5.41, 5.74) is 3.44. The Labute approximate surface area is 516 Å². The third-order valence-corrected chi connectivity index (χ3v) is 16.8. The molecule has 0 bridgehead atoms. The van der Waals surface area contributed by atoms with Crippen LogP contribution in [0.5, 0.6) is 17.2 Å². The summed E-state index contributed by atoms with van der Waals surface area (Å²) in [6.07, 6.45) is 2.33. The van der Waals surface area contributed by atoms with Crippen molar-refractivity contribution in [3.05, 3.63) is 171 Å². The van der Waals surface area contributed by atoms with Gasteiger partial charge in [-0.3, -0.25) is 28.5 Å². The van der Waals surface area contributed by atoms with Crippen molar-refractivity contribution in [2.75, 3.05) is 102 Å². The second-order valence-electron chi connectivity index (χ2n) is 22.4. The quantitative estimate of drug-likeness (QED) is 0.0386. The van der Waals surface area contributed by atoms with Gasteiger partial charge in [0.25, 0.3) is 11.1 Å². The number of para-hydroxylation sites is 1. The van der Waals surface area contributed by atoms with Crippen LogP contribution in [0.2, 0.25) is 0 Å². The van der Waals surface area contributed by atoms with Gasteiger partial charge in [0.15, 0.2) is 13.5 Å². The molecule has 6 heterocycles. The van der Waals surface area contributed by atoms with E-state index >= 15 is 0 Å². The molecule has 4 aromatic heterocycles. The number of piperazine rings is 2. The first-order chi connectivity index (χ1) is 42.4. The molecule has 87 heavy (non-hydrogen) atoms. The number of carbonyl (C=O) groups is 2. The molecule has 2 fully saturated rings. The lowest BCUT2D eigenvalue weighted by molar-refractivity contribution is 0.0277. The molecule has 0 radical (unpaired) electrons. The molecule has 17 nitrogen and oxygen atoms in total. The van der Waals surface area contributed by atoms with Gasteiger partial charge in [0, 0.05) is 115 Å². The molecular formula is C68H80N6O11S2. The van der Waals surface area contributed by atoms with Crippen molar-refractivity contribution in [1.29, 1.82) is 0 Å². The Kier molecular flexibility index (Phi) is 23.5. The molecular weight excluding hydrogens is 1140 g/mol. The zero-order valence-corrected chi connectivity index (χ0v) is 51.9. The maximum Gasteiger partial charge on any atom is 0.515 e. The van der Waals surface area contributed by atoms with Crippen LogP contribution in [0, 0.1) is 11.8 Å². The summed E-state index contributed by atoms with van der Waals surface area (Å²) in [5.74, 6) is 2.37. The topological polar surface area (TPSA) is 167 Å². The number of anilines is 2. The average Bonchev–Trinajstić information content (AvgIpc) is 3.88. The van der Waals surface area contributed by atoms with Gasteiger partial charge < -0.3 is 43.3 Å². The van der Waals surface area contributed by atoms with Gasteiger partial charge in [-0.25, -0.2) is 9.59 Å². The maximum atomic E-state index is 12.6. The molecule has 9 aromatic rings. The molecule has 0 unspecified atom stereocenters. The monoisotopic (exact) mass is 1220 g/mol. The Morgan fingerprint density at radius 1 is 0.494 bits per heavy atom. The number of rotatable bonds is 22. The molecule has 460 valence electrons. The minimum Gasteiger partial charge on any atom is -0.494 e. The molecule has 2 saturated heterocycles. The van der Waals surface area contributed by atoms with E-state index in [9.17, 15) is 19.2 Å². The van der Waals surface area contributed by atoms with Crippen molar-refractivity contribution < 1.29 is 43.1 Å². The van der Waals surface area contributed by atoms with E-state index in [-0.39, 0.29) is 37.1 Å². The van der Waals surface area contributed by atoms with Gasteiger partial charge in [-0.2, -0.15) is 0 Å². The smallest absolute Gasteiger partial charge is 0.494 e. The second-order valence-corrected chi connectivity index (χ2v) is 24.3. The molecule has 0 aliphatic carbocycles. The van der Waals surface area contributed by atoms with Gasteiger partial charge in [0.1, 0.15) is 17.2 Å². The number of aromatic nitrogens is 2. The van der Waals surface area contributed by atoms with Crippen LogP contribution < -0.4 is 35.1 Å². The Hall–Kier alpha value is -7.94. The fourth-order valence-corrected chi connectivity index (χ4v) is 11.9. The first-order valence-electron chi connectivity index (χ1n) is 30.1. The second kappa shape index (κ2) is 32.2. The van der Waals surface area contributed by atoms with Crippen LogP contribution in [0.25, 0.3) is 42.0 Å². The van der Waals surface area contributed by atoms with Crippen LogP contribution in [0.3, 0.4) is 0 Å². The molecule has 0 saturated carbocycles. The van der Waals surface area contributed by atoms with Gasteiger partial charge in [-0.1, -0.05) is 58.0 Å². The number of carbonyl (C=O) groups excluding carboxylic acids is 2. The lowest BCUT2D eigenvalue weighted by Gasteiger charge is -2.36. The van der Waals surface area contributed by atoms with Crippen LogP contribution in [0.15, 0.2) is 160 Å². The van der Waals surface area contributed by atoms with Gasteiger partial charge >= 0.3 is 12.3 Å². The summed E-state index contributed by atoms with van der Waals surface area (Å²) in [4.78, 5) is 59.2. The number of fused-ring (bicyclic) bond motifs is 4. The van der Waals surface area contributed by atoms with E-state index in [2.05, 4.69) is 78.9 Å². The van der Waals surface area contributed by atoms with Crippen LogP contribution in [0.1, 0.15) is 53.4 Å². The summed E-state index contributed by atoms with van der Waals surface area (Å²) in [7, 11) is 0. The number of pyridine rings is 2. The molecule has 1 N–H and O–H groups in total. The molecule has 2 aliphatic rings. The van der Waals surface area contributed by atoms with E-state index in [4.69, 9.17) is 33.5 Å². The van der Waals surface area contributed by atoms with Crippen molar-refractivity contribution in [2.24, 2.45) is 11.8 Å². The zero-order valence-electron chi connectivity index (χ0n) is 50.3. The normalized spacial score (nSPS) is 13.8. The Morgan fingerprint density at radius 3 is 1.41 bits per heavy atom. The number of benzene rings is 5. The standard InChI is InChI=1S/C33H33N3O5S.C31H37N3O5S.C4H10O/c37-32-14-12-25-11-13-27(23-30(25)36(32)24-40-33(38)41-26-7-2-1-3-8-26)39-21-5-4-16-34-17-19-35(20-18-34)29-9-6-10-31-28(29)15-22-42-31;1-23(2)21-38-31(36)39-22-34-28-20-25(10-8-24(28)9-11-30(34)35)37-18-4-3-13-32-14-16-33(17-15-32)27-6-5-7-29-26(27)12-19-40-29;1-4(2)3-5/h1-3,6-15,22-23H,4-5,16-21,24H2;5-12,19-20,23H,3-4,13-18,21-22H2,1-2H3;4-5H,3H2,1-2H3. The van der Waals surface area contributed by atoms with Crippen molar-refractivity contribution in [3.8, 4) is 17.2 Å². The van der Waals surface area contributed by atoms with Crippen molar-refractivity contribution in [3.63, 3.8) is 0 Å². The maximum absolute atomic E-state index is 12.6. The minimum atomic E-state index is -0.876. The number of hydrogen-bond donors (Lipinski definition) is 1. The Bertz CT molecular complexity index is 3760. The van der Waals surface area contributed by atoms with Crippen molar-refractivity contribution >= 4 is 88.3 Å². The Balaban J connectivity index is 0.000000193. The van der Waals surface area contributed by atoms with Gasteiger partial charge in [0.2, 0.25) is 0 Å². The molecule has 19 heteroatoms. The predicted octanol–water partition coefficient (Wildman–Crippen LogP) is 13.0. The SMILES string of the molecule is CC(C)CO.CC(C)COC(=O)OCn1c(=O)ccc2ccc(OCCCCN3CCN(c4cccc5sccc45)CC3)cc21.O=C(OCn1c(=O)ccc2ccc(OCCCCN3CCN(c4cccc5sccc45)CC3)cc21)Oc1ccccc1. The lowest BCUT2D eigenvalue weighted by Crippen LogP contribution is -2.46. The largest absolute Gasteiger partial charge is 0.515 e. The van der Waals surface area contributed by atoms with E-state index < -0.39 is 12.3 Å². The van der Waals surface area contributed by atoms with E-state index in [0.717, 1.165) is 102 Å². The van der Waals surface area contributed by atoms with Gasteiger partial charge in [0.05, 0.1) is 30.9 Å². The minimum absolute atomic E-state index is 0.204. The number of ether oxygens (including phenoxy) is 6. The van der Waals surface area contributed by atoms with Crippen LogP contribution in [-0.2, 0) is 27.7 Å². The summed E-state index contributed by atoms with van der Waals surface area (Å²) in [5, 5.41) is 16.9. The van der Waals surface area contributed by atoms with Crippen LogP contribution in [0.4, 0.5) is 21.0 Å². The summed E-state index contributed by atoms with van der Waals surface area (Å²) < 4.78 is 38.2. The molecule has 11 rings (SSSR count). The highest BCUT2D eigenvalue weighted by atomic mass is 32.1. The van der Waals surface area contributed by atoms with E-state index in [1.165, 1.54) is 52.8 Å². The molecule has 2 aliphatic heterocycles. The van der Waals surface area contributed by atoms with Crippen molar-refractivity contribution in [1.82, 2.24) is 18.9 Å². The van der Waals surface area contributed by atoms with E-state index in [1.807, 2.05) is 70.2 Å². The average molecular weight is 1220 g/mol. The summed E-state index contributed by atoms with van der Waals surface area (Å²) in [6, 6.07) is 44.0. The number of thiophene rings is 2. The zero-order chi connectivity index (χ0) is 60.9. The molecule has 0 spiro atoms. The number of nitrogens with zero attached hydrogens (tertiary/aromatic N) is 6. The lowest BCUT2D eigenvalue weighted by atomic mass is 10.2. The number of aliphatic hydroxyl groups excluding tert-OH is 1. The third-order valence-electron chi connectivity index (χ3n) is 15.0. The highest BCUT2D eigenvalue weighted by molar-refractivity contribution is 7.17. The van der Waals surface area contributed by atoms with Gasteiger partial charge in [-0.05, 0) is 157 Å². The predicted molar refractivity (Wildman–Crippen MR) is 350 cm³/mol. The fourth-order valence-electron chi connectivity index (χ4n) is 10.3.